The quantitative estimate of drug-likeness (QED) is 0.802. The third-order valence-electron chi connectivity index (χ3n) is 2.28. The number of hydrogen-bond acceptors (Lipinski definition) is 5. The molecule has 2 rings (SSSR count). The fourth-order valence-corrected chi connectivity index (χ4v) is 2.13. The van der Waals surface area contributed by atoms with Gasteiger partial charge in [0.25, 0.3) is 0 Å². The van der Waals surface area contributed by atoms with E-state index in [-0.39, 0.29) is 0 Å². The normalized spacial score (nSPS) is 22.1. The minimum atomic E-state index is 0.342. The maximum absolute atomic E-state index is 5.59. The third-order valence-corrected chi connectivity index (χ3v) is 3.06. The summed E-state index contributed by atoms with van der Waals surface area (Å²) >= 11 is 1.48. The van der Waals surface area contributed by atoms with Gasteiger partial charge in [-0.25, -0.2) is 4.98 Å². The van der Waals surface area contributed by atoms with Crippen molar-refractivity contribution in [1.82, 2.24) is 4.98 Å². The van der Waals surface area contributed by atoms with Crippen LogP contribution in [0.2, 0.25) is 0 Å². The fourth-order valence-electron chi connectivity index (χ4n) is 1.54. The van der Waals surface area contributed by atoms with Crippen molar-refractivity contribution in [3.05, 3.63) is 6.20 Å². The highest BCUT2D eigenvalue weighted by Crippen LogP contribution is 2.20. The van der Waals surface area contributed by atoms with Gasteiger partial charge in [-0.3, -0.25) is 0 Å². The monoisotopic (exact) mass is 213 g/mol. The van der Waals surface area contributed by atoms with Gasteiger partial charge in [-0.2, -0.15) is 0 Å². The van der Waals surface area contributed by atoms with Crippen LogP contribution in [0.3, 0.4) is 0 Å². The number of aromatic nitrogens is 1. The Morgan fingerprint density at radius 3 is 3.21 bits per heavy atom. The number of thiazole rings is 1. The smallest absolute Gasteiger partial charge is 0.184 e. The Labute approximate surface area is 87.5 Å². The van der Waals surface area contributed by atoms with E-state index in [2.05, 4.69) is 10.3 Å². The zero-order chi connectivity index (χ0) is 9.80. The lowest BCUT2D eigenvalue weighted by Crippen LogP contribution is -2.26. The van der Waals surface area contributed by atoms with Gasteiger partial charge in [-0.15, -0.1) is 0 Å². The van der Waals surface area contributed by atoms with Crippen LogP contribution in [-0.2, 0) is 4.74 Å². The molecule has 0 aliphatic carbocycles. The Hall–Kier alpha value is -0.810. The molecule has 0 amide bonds. The Kier molecular flexibility index (Phi) is 3.21. The second-order valence-corrected chi connectivity index (χ2v) is 4.50. The summed E-state index contributed by atoms with van der Waals surface area (Å²) in [5, 5.41) is 4.87. The SMILES string of the molecule is Nc1cnc(NCC2CCCCO2)s1. The van der Waals surface area contributed by atoms with Gasteiger partial charge in [0.1, 0.15) is 5.00 Å². The number of rotatable bonds is 3. The summed E-state index contributed by atoms with van der Waals surface area (Å²) in [5.74, 6) is 0. The van der Waals surface area contributed by atoms with Crippen molar-refractivity contribution in [2.24, 2.45) is 0 Å². The van der Waals surface area contributed by atoms with Gasteiger partial charge >= 0.3 is 0 Å². The van der Waals surface area contributed by atoms with E-state index in [1.165, 1.54) is 24.2 Å². The maximum Gasteiger partial charge on any atom is 0.184 e. The van der Waals surface area contributed by atoms with Crippen molar-refractivity contribution in [2.45, 2.75) is 25.4 Å². The molecule has 1 fully saturated rings. The van der Waals surface area contributed by atoms with Crippen molar-refractivity contribution >= 4 is 21.5 Å². The Morgan fingerprint density at radius 2 is 2.57 bits per heavy atom. The first-order valence-corrected chi connectivity index (χ1v) is 5.73. The van der Waals surface area contributed by atoms with Crippen LogP contribution in [-0.4, -0.2) is 24.2 Å². The first-order chi connectivity index (χ1) is 6.84. The first kappa shape index (κ1) is 9.73. The van der Waals surface area contributed by atoms with Gasteiger partial charge < -0.3 is 15.8 Å². The van der Waals surface area contributed by atoms with Gasteiger partial charge in [-0.1, -0.05) is 11.3 Å². The van der Waals surface area contributed by atoms with E-state index in [1.54, 1.807) is 6.20 Å². The van der Waals surface area contributed by atoms with Gasteiger partial charge in [-0.05, 0) is 19.3 Å². The van der Waals surface area contributed by atoms with Crippen LogP contribution in [0.1, 0.15) is 19.3 Å². The highest BCUT2D eigenvalue weighted by Gasteiger charge is 2.13. The molecule has 3 N–H and O–H groups in total. The average molecular weight is 213 g/mol. The molecule has 14 heavy (non-hydrogen) atoms. The molecule has 0 spiro atoms. The van der Waals surface area contributed by atoms with Crippen LogP contribution in [0, 0.1) is 0 Å². The molecular weight excluding hydrogens is 198 g/mol. The first-order valence-electron chi connectivity index (χ1n) is 4.91. The average Bonchev–Trinajstić information content (AvgIpc) is 2.63. The van der Waals surface area contributed by atoms with Crippen LogP contribution in [0.15, 0.2) is 6.20 Å². The second kappa shape index (κ2) is 4.61. The summed E-state index contributed by atoms with van der Waals surface area (Å²) < 4.78 is 5.59. The largest absolute Gasteiger partial charge is 0.389 e. The summed E-state index contributed by atoms with van der Waals surface area (Å²) in [4.78, 5) is 4.13. The summed E-state index contributed by atoms with van der Waals surface area (Å²) in [5.41, 5.74) is 5.57. The lowest BCUT2D eigenvalue weighted by molar-refractivity contribution is 0.0247. The molecule has 1 unspecified atom stereocenters. The van der Waals surface area contributed by atoms with Crippen molar-refractivity contribution in [3.63, 3.8) is 0 Å². The molecular formula is C9H15N3OS. The standard InChI is InChI=1S/C9H15N3OS/c10-8-6-12-9(14-8)11-5-7-3-1-2-4-13-7/h6-7H,1-5,10H2,(H,11,12). The van der Waals surface area contributed by atoms with Gasteiger partial charge in [0.15, 0.2) is 5.13 Å². The number of ether oxygens (including phenoxy) is 1. The molecule has 1 aliphatic rings. The Balaban J connectivity index is 1.76. The summed E-state index contributed by atoms with van der Waals surface area (Å²) in [6.07, 6.45) is 5.63. The summed E-state index contributed by atoms with van der Waals surface area (Å²) in [6.45, 7) is 1.74. The number of nitrogens with one attached hydrogen (secondary N) is 1. The number of nitrogens with two attached hydrogens (primary N) is 1. The molecule has 0 bridgehead atoms. The van der Waals surface area contributed by atoms with E-state index >= 15 is 0 Å². The highest BCUT2D eigenvalue weighted by molar-refractivity contribution is 7.19. The molecule has 0 radical (unpaired) electrons. The molecule has 4 nitrogen and oxygen atoms in total. The molecule has 5 heteroatoms. The topological polar surface area (TPSA) is 60.2 Å². The van der Waals surface area contributed by atoms with Gasteiger partial charge in [0.2, 0.25) is 0 Å². The van der Waals surface area contributed by atoms with Crippen LogP contribution >= 0.6 is 11.3 Å². The van der Waals surface area contributed by atoms with Crippen molar-refractivity contribution < 1.29 is 4.74 Å². The lowest BCUT2D eigenvalue weighted by atomic mass is 10.1. The van der Waals surface area contributed by atoms with Crippen LogP contribution in [0.25, 0.3) is 0 Å². The number of nitrogen functional groups attached to an aromatic ring is 1. The molecule has 1 aromatic rings. The van der Waals surface area contributed by atoms with E-state index in [4.69, 9.17) is 10.5 Å². The maximum atomic E-state index is 5.59. The molecule has 1 aromatic heterocycles. The van der Waals surface area contributed by atoms with E-state index < -0.39 is 0 Å². The van der Waals surface area contributed by atoms with E-state index in [9.17, 15) is 0 Å². The third kappa shape index (κ3) is 2.59. The van der Waals surface area contributed by atoms with E-state index in [0.717, 1.165) is 29.7 Å². The number of anilines is 2. The van der Waals surface area contributed by atoms with Crippen LogP contribution in [0.4, 0.5) is 10.1 Å². The zero-order valence-electron chi connectivity index (χ0n) is 8.03. The molecule has 0 aromatic carbocycles. The van der Waals surface area contributed by atoms with Crippen LogP contribution < -0.4 is 11.1 Å². The number of hydrogen-bond donors (Lipinski definition) is 2. The fraction of sp³-hybridized carbons (Fsp3) is 0.667. The minimum absolute atomic E-state index is 0.342. The molecule has 1 aliphatic heterocycles. The molecule has 1 atom stereocenters. The lowest BCUT2D eigenvalue weighted by Gasteiger charge is -2.22. The molecule has 1 saturated heterocycles. The predicted molar refractivity (Wildman–Crippen MR) is 58.6 cm³/mol. The zero-order valence-corrected chi connectivity index (χ0v) is 8.85. The Morgan fingerprint density at radius 1 is 1.64 bits per heavy atom. The predicted octanol–water partition coefficient (Wildman–Crippen LogP) is 1.71. The van der Waals surface area contributed by atoms with Gasteiger partial charge in [0.05, 0.1) is 12.3 Å². The van der Waals surface area contributed by atoms with Gasteiger partial charge in [0, 0.05) is 13.2 Å². The molecule has 2 heterocycles. The minimum Gasteiger partial charge on any atom is -0.389 e. The second-order valence-electron chi connectivity index (χ2n) is 3.44. The summed E-state index contributed by atoms with van der Waals surface area (Å²) in [7, 11) is 0. The van der Waals surface area contributed by atoms with E-state index in [1.807, 2.05) is 0 Å². The number of nitrogens with zero attached hydrogens (tertiary/aromatic N) is 1. The van der Waals surface area contributed by atoms with E-state index in [0.29, 0.717) is 6.10 Å². The Bertz CT molecular complexity index is 283. The summed E-state index contributed by atoms with van der Waals surface area (Å²) in [6, 6.07) is 0. The van der Waals surface area contributed by atoms with Crippen molar-refractivity contribution in [2.75, 3.05) is 24.2 Å². The molecule has 0 saturated carbocycles. The van der Waals surface area contributed by atoms with Crippen molar-refractivity contribution in [1.29, 1.82) is 0 Å². The molecule has 78 valence electrons. The van der Waals surface area contributed by atoms with Crippen LogP contribution in [0.5, 0.6) is 0 Å². The highest BCUT2D eigenvalue weighted by atomic mass is 32.1. The van der Waals surface area contributed by atoms with Crippen molar-refractivity contribution in [3.8, 4) is 0 Å².